The molecule has 0 radical (unpaired) electrons. The van der Waals surface area contributed by atoms with Crippen molar-refractivity contribution >= 4 is 5.97 Å². The lowest BCUT2D eigenvalue weighted by molar-refractivity contribution is 0.0697. The first-order valence-corrected chi connectivity index (χ1v) is 6.14. The van der Waals surface area contributed by atoms with Crippen LogP contribution < -0.4 is 16.2 Å². The summed E-state index contributed by atoms with van der Waals surface area (Å²) in [7, 11) is 0. The number of hydrazine groups is 1. The summed E-state index contributed by atoms with van der Waals surface area (Å²) < 4.78 is 0. The minimum absolute atomic E-state index is 0.324. The summed E-state index contributed by atoms with van der Waals surface area (Å²) in [4.78, 5) is 10.7. The molecule has 1 aromatic carbocycles. The summed E-state index contributed by atoms with van der Waals surface area (Å²) >= 11 is 0. The van der Waals surface area contributed by atoms with Crippen molar-refractivity contribution in [3.05, 3.63) is 35.4 Å². The van der Waals surface area contributed by atoms with Crippen molar-refractivity contribution in [3.8, 4) is 0 Å². The number of carbonyl (C=O) groups is 1. The fourth-order valence-electron chi connectivity index (χ4n) is 2.23. The molecule has 1 saturated heterocycles. The van der Waals surface area contributed by atoms with E-state index in [1.807, 2.05) is 12.1 Å². The molecule has 2 rings (SSSR count). The van der Waals surface area contributed by atoms with Crippen molar-refractivity contribution in [2.45, 2.75) is 38.5 Å². The van der Waals surface area contributed by atoms with Gasteiger partial charge in [-0.2, -0.15) is 0 Å². The first kappa shape index (κ1) is 13.0. The minimum atomic E-state index is -0.888. The second-order valence-electron chi connectivity index (χ2n) is 4.77. The van der Waals surface area contributed by atoms with Crippen LogP contribution in [0.1, 0.15) is 29.8 Å². The predicted molar refractivity (Wildman–Crippen MR) is 69.2 cm³/mol. The van der Waals surface area contributed by atoms with Gasteiger partial charge in [0.25, 0.3) is 0 Å². The lowest BCUT2D eigenvalue weighted by Gasteiger charge is -2.19. The van der Waals surface area contributed by atoms with E-state index in [0.717, 1.165) is 12.1 Å². The highest BCUT2D eigenvalue weighted by molar-refractivity contribution is 5.87. The van der Waals surface area contributed by atoms with Gasteiger partial charge in [-0.3, -0.25) is 10.9 Å². The second-order valence-corrected chi connectivity index (χ2v) is 4.77. The molecule has 1 heterocycles. The zero-order valence-electron chi connectivity index (χ0n) is 10.6. The quantitative estimate of drug-likeness (QED) is 0.633. The zero-order valence-corrected chi connectivity index (χ0v) is 10.6. The summed E-state index contributed by atoms with van der Waals surface area (Å²) in [5.41, 5.74) is 7.79. The largest absolute Gasteiger partial charge is 0.478 e. The fraction of sp³-hybridized carbons (Fsp3) is 0.462. The smallest absolute Gasteiger partial charge is 0.335 e. The predicted octanol–water partition coefficient (Wildman–Crippen LogP) is 0.728. The molecular weight excluding hydrogens is 230 g/mol. The van der Waals surface area contributed by atoms with Gasteiger partial charge in [0.1, 0.15) is 0 Å². The molecule has 2 atom stereocenters. The Bertz CT molecular complexity index is 409. The van der Waals surface area contributed by atoms with Crippen molar-refractivity contribution in [2.24, 2.45) is 0 Å². The SMILES string of the molecule is CC1NNC(C)C1NCc1ccc(C(=O)O)cc1. The Morgan fingerprint density at radius 3 is 2.28 bits per heavy atom. The van der Waals surface area contributed by atoms with E-state index >= 15 is 0 Å². The maximum Gasteiger partial charge on any atom is 0.335 e. The lowest BCUT2D eigenvalue weighted by Crippen LogP contribution is -2.42. The molecule has 2 unspecified atom stereocenters. The van der Waals surface area contributed by atoms with Crippen molar-refractivity contribution in [1.82, 2.24) is 16.2 Å². The molecule has 0 aromatic heterocycles. The summed E-state index contributed by atoms with van der Waals surface area (Å²) in [6, 6.07) is 8.08. The Morgan fingerprint density at radius 2 is 1.78 bits per heavy atom. The Balaban J connectivity index is 1.92. The summed E-state index contributed by atoms with van der Waals surface area (Å²) in [6.07, 6.45) is 0. The number of hydrogen-bond donors (Lipinski definition) is 4. The maximum absolute atomic E-state index is 10.7. The monoisotopic (exact) mass is 249 g/mol. The van der Waals surface area contributed by atoms with E-state index < -0.39 is 5.97 Å². The van der Waals surface area contributed by atoms with Crippen LogP contribution in [0, 0.1) is 0 Å². The van der Waals surface area contributed by atoms with Crippen LogP contribution >= 0.6 is 0 Å². The summed E-state index contributed by atoms with van der Waals surface area (Å²) in [6.45, 7) is 4.99. The Morgan fingerprint density at radius 1 is 1.22 bits per heavy atom. The molecule has 18 heavy (non-hydrogen) atoms. The molecule has 0 spiro atoms. The second kappa shape index (κ2) is 5.48. The van der Waals surface area contributed by atoms with Gasteiger partial charge in [-0.1, -0.05) is 12.1 Å². The van der Waals surface area contributed by atoms with Gasteiger partial charge in [-0.15, -0.1) is 0 Å². The third-order valence-corrected chi connectivity index (χ3v) is 3.36. The van der Waals surface area contributed by atoms with Gasteiger partial charge < -0.3 is 10.4 Å². The molecule has 1 aromatic rings. The maximum atomic E-state index is 10.7. The van der Waals surface area contributed by atoms with Crippen molar-refractivity contribution < 1.29 is 9.90 Å². The number of carboxylic acids is 1. The minimum Gasteiger partial charge on any atom is -0.478 e. The number of hydrogen-bond acceptors (Lipinski definition) is 4. The number of nitrogens with one attached hydrogen (secondary N) is 3. The highest BCUT2D eigenvalue weighted by atomic mass is 16.4. The van der Waals surface area contributed by atoms with Crippen molar-refractivity contribution in [2.75, 3.05) is 0 Å². The number of aromatic carboxylic acids is 1. The molecule has 0 amide bonds. The number of rotatable bonds is 4. The van der Waals surface area contributed by atoms with Gasteiger partial charge in [0.2, 0.25) is 0 Å². The van der Waals surface area contributed by atoms with Crippen LogP contribution in [-0.4, -0.2) is 29.2 Å². The van der Waals surface area contributed by atoms with E-state index in [2.05, 4.69) is 30.0 Å². The van der Waals surface area contributed by atoms with Crippen molar-refractivity contribution in [3.63, 3.8) is 0 Å². The lowest BCUT2D eigenvalue weighted by atomic mass is 10.1. The Labute approximate surface area is 107 Å². The topological polar surface area (TPSA) is 73.4 Å². The molecule has 1 fully saturated rings. The first-order valence-electron chi connectivity index (χ1n) is 6.14. The standard InChI is InChI=1S/C13H19N3O2/c1-8-12(9(2)16-15-8)14-7-10-3-5-11(6-4-10)13(17)18/h3-6,8-9,12,14-16H,7H2,1-2H3,(H,17,18). The average Bonchev–Trinajstić information content (AvgIpc) is 2.67. The highest BCUT2D eigenvalue weighted by Crippen LogP contribution is 2.08. The van der Waals surface area contributed by atoms with Gasteiger partial charge in [-0.05, 0) is 31.5 Å². The van der Waals surface area contributed by atoms with Crippen LogP contribution in [0.2, 0.25) is 0 Å². The van der Waals surface area contributed by atoms with Crippen LogP contribution in [0.3, 0.4) is 0 Å². The normalized spacial score (nSPS) is 27.3. The van der Waals surface area contributed by atoms with E-state index in [-0.39, 0.29) is 0 Å². The third-order valence-electron chi connectivity index (χ3n) is 3.36. The number of benzene rings is 1. The molecule has 1 aliphatic rings. The van der Waals surface area contributed by atoms with Crippen LogP contribution in [-0.2, 0) is 6.54 Å². The van der Waals surface area contributed by atoms with E-state index in [4.69, 9.17) is 5.11 Å². The van der Waals surface area contributed by atoms with Gasteiger partial charge in [-0.25, -0.2) is 4.79 Å². The molecule has 98 valence electrons. The molecule has 4 N–H and O–H groups in total. The third kappa shape index (κ3) is 2.87. The summed E-state index contributed by atoms with van der Waals surface area (Å²) in [5, 5.41) is 12.3. The van der Waals surface area contributed by atoms with Crippen LogP contribution in [0.25, 0.3) is 0 Å². The van der Waals surface area contributed by atoms with Gasteiger partial charge in [0.05, 0.1) is 5.56 Å². The van der Waals surface area contributed by atoms with Gasteiger partial charge in [0, 0.05) is 24.7 Å². The first-order chi connectivity index (χ1) is 8.58. The Kier molecular flexibility index (Phi) is 3.96. The van der Waals surface area contributed by atoms with Gasteiger partial charge in [0.15, 0.2) is 0 Å². The average molecular weight is 249 g/mol. The van der Waals surface area contributed by atoms with E-state index in [0.29, 0.717) is 23.7 Å². The molecule has 5 nitrogen and oxygen atoms in total. The summed E-state index contributed by atoms with van der Waals surface area (Å²) in [5.74, 6) is -0.888. The van der Waals surface area contributed by atoms with Crippen molar-refractivity contribution in [1.29, 1.82) is 0 Å². The highest BCUT2D eigenvalue weighted by Gasteiger charge is 2.28. The molecule has 0 saturated carbocycles. The van der Waals surface area contributed by atoms with Crippen LogP contribution in [0.15, 0.2) is 24.3 Å². The van der Waals surface area contributed by atoms with E-state index in [1.54, 1.807) is 12.1 Å². The van der Waals surface area contributed by atoms with Crippen LogP contribution in [0.4, 0.5) is 0 Å². The van der Waals surface area contributed by atoms with E-state index in [1.165, 1.54) is 0 Å². The molecular formula is C13H19N3O2. The van der Waals surface area contributed by atoms with E-state index in [9.17, 15) is 4.79 Å². The molecule has 0 aliphatic carbocycles. The molecule has 0 bridgehead atoms. The molecule has 5 heteroatoms. The molecule has 1 aliphatic heterocycles. The Hall–Kier alpha value is -1.43. The fourth-order valence-corrected chi connectivity index (χ4v) is 2.23. The van der Waals surface area contributed by atoms with Crippen LogP contribution in [0.5, 0.6) is 0 Å². The number of carboxylic acid groups (broad SMARTS) is 1. The van der Waals surface area contributed by atoms with Gasteiger partial charge >= 0.3 is 5.97 Å². The zero-order chi connectivity index (χ0) is 13.1.